The normalized spacial score (nSPS) is 16.2. The van der Waals surface area contributed by atoms with Crippen molar-refractivity contribution in [3.05, 3.63) is 48.4 Å². The van der Waals surface area contributed by atoms with Crippen molar-refractivity contribution in [1.29, 1.82) is 0 Å². The molecule has 3 N–H and O–H groups in total. The molecular formula is C18H20FN3O3. The molecule has 2 heterocycles. The zero-order valence-corrected chi connectivity index (χ0v) is 13.7. The molecule has 0 bridgehead atoms. The minimum absolute atomic E-state index is 0.118. The van der Waals surface area contributed by atoms with E-state index in [1.54, 1.807) is 12.1 Å². The van der Waals surface area contributed by atoms with Crippen LogP contribution in [-0.2, 0) is 9.53 Å². The van der Waals surface area contributed by atoms with Crippen LogP contribution in [0, 0.1) is 11.2 Å². The number of ether oxygens (including phenoxy) is 2. The average Bonchev–Trinajstić information content (AvgIpc) is 2.65. The second-order valence-corrected chi connectivity index (χ2v) is 5.99. The highest BCUT2D eigenvalue weighted by atomic mass is 19.1. The molecule has 1 aromatic heterocycles. The number of carbonyl (C=O) groups is 1. The summed E-state index contributed by atoms with van der Waals surface area (Å²) in [4.78, 5) is 16.7. The fourth-order valence-electron chi connectivity index (χ4n) is 2.69. The number of nitrogens with zero attached hydrogens (tertiary/aromatic N) is 1. The Labute approximate surface area is 145 Å². The predicted molar refractivity (Wildman–Crippen MR) is 90.9 cm³/mol. The number of hydrogen-bond acceptors (Lipinski definition) is 5. The summed E-state index contributed by atoms with van der Waals surface area (Å²) in [5.41, 5.74) is 5.80. The summed E-state index contributed by atoms with van der Waals surface area (Å²) in [6.45, 7) is 1.35. The Morgan fingerprint density at radius 1 is 1.24 bits per heavy atom. The second-order valence-electron chi connectivity index (χ2n) is 5.99. The van der Waals surface area contributed by atoms with Crippen LogP contribution in [-0.4, -0.2) is 30.6 Å². The van der Waals surface area contributed by atoms with Gasteiger partial charge in [0.25, 0.3) is 0 Å². The first kappa shape index (κ1) is 17.3. The number of anilines is 1. The standard InChI is InChI=1S/C18H20FN3O3/c19-13-1-4-15(5-2-13)25-16-6-3-14(11-21-16)22-17(23)18(12-20)7-9-24-10-8-18/h1-6,11H,7-10,12,20H2,(H,22,23). The minimum atomic E-state index is -0.596. The highest BCUT2D eigenvalue weighted by Gasteiger charge is 2.38. The van der Waals surface area contributed by atoms with E-state index in [1.165, 1.54) is 30.5 Å². The van der Waals surface area contributed by atoms with Crippen molar-refractivity contribution in [3.63, 3.8) is 0 Å². The van der Waals surface area contributed by atoms with E-state index in [0.29, 0.717) is 43.4 Å². The van der Waals surface area contributed by atoms with E-state index in [1.807, 2.05) is 0 Å². The van der Waals surface area contributed by atoms with Gasteiger partial charge < -0.3 is 20.5 Å². The molecule has 1 fully saturated rings. The summed E-state index contributed by atoms with van der Waals surface area (Å²) >= 11 is 0. The van der Waals surface area contributed by atoms with Gasteiger partial charge >= 0.3 is 0 Å². The Hall–Kier alpha value is -2.51. The highest BCUT2D eigenvalue weighted by molar-refractivity contribution is 5.95. The molecule has 0 aliphatic carbocycles. The first-order chi connectivity index (χ1) is 12.1. The number of carbonyl (C=O) groups excluding carboxylic acids is 1. The zero-order valence-electron chi connectivity index (χ0n) is 13.7. The Bertz CT molecular complexity index is 713. The molecule has 1 saturated heterocycles. The molecule has 1 aliphatic rings. The highest BCUT2D eigenvalue weighted by Crippen LogP contribution is 2.31. The van der Waals surface area contributed by atoms with Crippen molar-refractivity contribution >= 4 is 11.6 Å². The van der Waals surface area contributed by atoms with E-state index >= 15 is 0 Å². The van der Waals surface area contributed by atoms with Crippen LogP contribution >= 0.6 is 0 Å². The quantitative estimate of drug-likeness (QED) is 0.870. The second kappa shape index (κ2) is 7.58. The number of amides is 1. The number of nitrogens with two attached hydrogens (primary N) is 1. The van der Waals surface area contributed by atoms with Crippen LogP contribution in [0.3, 0.4) is 0 Å². The number of nitrogens with one attached hydrogen (secondary N) is 1. The molecule has 0 spiro atoms. The molecular weight excluding hydrogens is 325 g/mol. The Kier molecular flexibility index (Phi) is 5.25. The van der Waals surface area contributed by atoms with E-state index < -0.39 is 5.41 Å². The van der Waals surface area contributed by atoms with Crippen LogP contribution < -0.4 is 15.8 Å². The lowest BCUT2D eigenvalue weighted by molar-refractivity contribution is -0.130. The Balaban J connectivity index is 1.63. The maximum atomic E-state index is 12.9. The van der Waals surface area contributed by atoms with Crippen LogP contribution in [0.4, 0.5) is 10.1 Å². The molecule has 1 amide bonds. The van der Waals surface area contributed by atoms with Crippen LogP contribution in [0.5, 0.6) is 11.6 Å². The molecule has 0 radical (unpaired) electrons. The molecule has 25 heavy (non-hydrogen) atoms. The average molecular weight is 345 g/mol. The first-order valence-electron chi connectivity index (χ1n) is 8.10. The Morgan fingerprint density at radius 3 is 2.56 bits per heavy atom. The number of aromatic nitrogens is 1. The van der Waals surface area contributed by atoms with E-state index in [9.17, 15) is 9.18 Å². The van der Waals surface area contributed by atoms with Gasteiger partial charge in [0.05, 0.1) is 17.3 Å². The number of hydrogen-bond donors (Lipinski definition) is 2. The number of rotatable bonds is 5. The summed E-state index contributed by atoms with van der Waals surface area (Å²) in [5, 5.41) is 2.86. The summed E-state index contributed by atoms with van der Waals surface area (Å²) in [5.74, 6) is 0.381. The smallest absolute Gasteiger partial charge is 0.232 e. The Morgan fingerprint density at radius 2 is 1.96 bits per heavy atom. The van der Waals surface area contributed by atoms with Crippen molar-refractivity contribution in [2.75, 3.05) is 25.1 Å². The van der Waals surface area contributed by atoms with Gasteiger partial charge in [-0.25, -0.2) is 9.37 Å². The fourth-order valence-corrected chi connectivity index (χ4v) is 2.69. The zero-order chi connectivity index (χ0) is 17.7. The molecule has 0 saturated carbocycles. The van der Waals surface area contributed by atoms with Crippen molar-refractivity contribution in [3.8, 4) is 11.6 Å². The maximum Gasteiger partial charge on any atom is 0.232 e. The summed E-state index contributed by atoms with van der Waals surface area (Å²) in [6, 6.07) is 8.99. The molecule has 0 unspecified atom stereocenters. The van der Waals surface area contributed by atoms with Crippen LogP contribution in [0.15, 0.2) is 42.6 Å². The number of halogens is 1. The van der Waals surface area contributed by atoms with E-state index in [2.05, 4.69) is 10.3 Å². The van der Waals surface area contributed by atoms with Crippen LogP contribution in [0.25, 0.3) is 0 Å². The topological polar surface area (TPSA) is 86.5 Å². The van der Waals surface area contributed by atoms with Gasteiger partial charge in [0.15, 0.2) is 0 Å². The van der Waals surface area contributed by atoms with Gasteiger partial charge in [0.2, 0.25) is 11.8 Å². The van der Waals surface area contributed by atoms with Crippen molar-refractivity contribution in [2.45, 2.75) is 12.8 Å². The first-order valence-corrected chi connectivity index (χ1v) is 8.10. The molecule has 132 valence electrons. The summed E-state index contributed by atoms with van der Waals surface area (Å²) in [7, 11) is 0. The summed E-state index contributed by atoms with van der Waals surface area (Å²) in [6.07, 6.45) is 2.73. The van der Waals surface area contributed by atoms with Gasteiger partial charge in [-0.05, 0) is 43.2 Å². The lowest BCUT2D eigenvalue weighted by Crippen LogP contribution is -2.46. The lowest BCUT2D eigenvalue weighted by atomic mass is 9.79. The summed E-state index contributed by atoms with van der Waals surface area (Å²) < 4.78 is 23.7. The fraction of sp³-hybridized carbons (Fsp3) is 0.333. The third-order valence-electron chi connectivity index (χ3n) is 4.35. The molecule has 1 aliphatic heterocycles. The SMILES string of the molecule is NCC1(C(=O)Nc2ccc(Oc3ccc(F)cc3)nc2)CCOCC1. The third-order valence-corrected chi connectivity index (χ3v) is 4.35. The van der Waals surface area contributed by atoms with Crippen molar-refractivity contribution in [2.24, 2.45) is 11.1 Å². The van der Waals surface area contributed by atoms with E-state index in [-0.39, 0.29) is 18.3 Å². The minimum Gasteiger partial charge on any atom is -0.439 e. The van der Waals surface area contributed by atoms with E-state index in [0.717, 1.165) is 0 Å². The van der Waals surface area contributed by atoms with Crippen LogP contribution in [0.2, 0.25) is 0 Å². The van der Waals surface area contributed by atoms with Gasteiger partial charge in [-0.2, -0.15) is 0 Å². The third kappa shape index (κ3) is 4.12. The molecule has 6 nitrogen and oxygen atoms in total. The molecule has 3 rings (SSSR count). The molecule has 0 atom stereocenters. The van der Waals surface area contributed by atoms with Crippen LogP contribution in [0.1, 0.15) is 12.8 Å². The number of benzene rings is 1. The van der Waals surface area contributed by atoms with E-state index in [4.69, 9.17) is 15.2 Å². The van der Waals surface area contributed by atoms with Gasteiger partial charge in [-0.15, -0.1) is 0 Å². The van der Waals surface area contributed by atoms with Crippen molar-refractivity contribution in [1.82, 2.24) is 4.98 Å². The maximum absolute atomic E-state index is 12.9. The largest absolute Gasteiger partial charge is 0.439 e. The van der Waals surface area contributed by atoms with Gasteiger partial charge in [-0.3, -0.25) is 4.79 Å². The van der Waals surface area contributed by atoms with Crippen molar-refractivity contribution < 1.29 is 18.7 Å². The van der Waals surface area contributed by atoms with Gasteiger partial charge in [-0.1, -0.05) is 0 Å². The van der Waals surface area contributed by atoms with Gasteiger partial charge in [0.1, 0.15) is 11.6 Å². The molecule has 2 aromatic rings. The lowest BCUT2D eigenvalue weighted by Gasteiger charge is -2.34. The predicted octanol–water partition coefficient (Wildman–Crippen LogP) is 2.71. The van der Waals surface area contributed by atoms with Gasteiger partial charge in [0, 0.05) is 25.8 Å². The molecule has 1 aromatic carbocycles. The monoisotopic (exact) mass is 345 g/mol. The molecule has 7 heteroatoms. The number of pyridine rings is 1.